The van der Waals surface area contributed by atoms with Crippen molar-refractivity contribution in [2.45, 2.75) is 6.54 Å². The smallest absolute Gasteiger partial charge is 0.162 e. The minimum atomic E-state index is -0.903. The molecule has 0 bridgehead atoms. The van der Waals surface area contributed by atoms with Crippen LogP contribution in [0.3, 0.4) is 0 Å². The Kier molecular flexibility index (Phi) is 3.92. The van der Waals surface area contributed by atoms with E-state index in [4.69, 9.17) is 4.74 Å². The standard InChI is InChI=1S/C16H13F2N3O2/c1-23-15-6-13-10(5-14(15)22)16(21-8-20-13)19-7-9-2-3-11(17)12(18)4-9/h2-6,8,22H,7H2,1H3,(H,19,20,21). The second-order valence-electron chi connectivity index (χ2n) is 4.87. The van der Waals surface area contributed by atoms with Crippen LogP contribution in [0.15, 0.2) is 36.7 Å². The lowest BCUT2D eigenvalue weighted by atomic mass is 10.2. The topological polar surface area (TPSA) is 67.3 Å². The Balaban J connectivity index is 1.90. The Bertz CT molecular complexity index is 871. The van der Waals surface area contributed by atoms with Crippen LogP contribution in [0.5, 0.6) is 11.5 Å². The zero-order chi connectivity index (χ0) is 16.4. The molecule has 2 aromatic carbocycles. The Hall–Kier alpha value is -2.96. The largest absolute Gasteiger partial charge is 0.504 e. The lowest BCUT2D eigenvalue weighted by Gasteiger charge is -2.10. The molecule has 2 N–H and O–H groups in total. The predicted octanol–water partition coefficient (Wildman–Crippen LogP) is 3.23. The van der Waals surface area contributed by atoms with Gasteiger partial charge < -0.3 is 15.2 Å². The first-order valence-corrected chi connectivity index (χ1v) is 6.78. The number of anilines is 1. The van der Waals surface area contributed by atoms with Crippen LogP contribution in [0.2, 0.25) is 0 Å². The fourth-order valence-corrected chi connectivity index (χ4v) is 2.21. The highest BCUT2D eigenvalue weighted by molar-refractivity contribution is 5.91. The molecule has 118 valence electrons. The van der Waals surface area contributed by atoms with Gasteiger partial charge in [0.2, 0.25) is 0 Å². The van der Waals surface area contributed by atoms with Gasteiger partial charge in [0.1, 0.15) is 12.1 Å². The van der Waals surface area contributed by atoms with Crippen LogP contribution in [0.25, 0.3) is 10.9 Å². The van der Waals surface area contributed by atoms with Crippen LogP contribution in [-0.4, -0.2) is 22.2 Å². The van der Waals surface area contributed by atoms with E-state index in [1.165, 1.54) is 25.6 Å². The molecule has 1 aromatic heterocycles. The molecule has 0 radical (unpaired) electrons. The summed E-state index contributed by atoms with van der Waals surface area (Å²) >= 11 is 0. The second kappa shape index (κ2) is 6.04. The summed E-state index contributed by atoms with van der Waals surface area (Å²) in [4.78, 5) is 8.24. The Labute approximate surface area is 130 Å². The quantitative estimate of drug-likeness (QED) is 0.773. The number of hydrogen-bond acceptors (Lipinski definition) is 5. The predicted molar refractivity (Wildman–Crippen MR) is 81.4 cm³/mol. The third-order valence-corrected chi connectivity index (χ3v) is 3.38. The van der Waals surface area contributed by atoms with E-state index in [0.29, 0.717) is 28.0 Å². The minimum Gasteiger partial charge on any atom is -0.504 e. The molecule has 0 saturated heterocycles. The molecule has 0 aliphatic rings. The fourth-order valence-electron chi connectivity index (χ4n) is 2.21. The summed E-state index contributed by atoms with van der Waals surface area (Å²) in [7, 11) is 1.45. The summed E-state index contributed by atoms with van der Waals surface area (Å²) in [5.41, 5.74) is 1.15. The Morgan fingerprint density at radius 2 is 1.96 bits per heavy atom. The number of nitrogens with one attached hydrogen (secondary N) is 1. The number of ether oxygens (including phenoxy) is 1. The van der Waals surface area contributed by atoms with Gasteiger partial charge in [-0.25, -0.2) is 18.7 Å². The van der Waals surface area contributed by atoms with Crippen LogP contribution in [0.4, 0.5) is 14.6 Å². The van der Waals surface area contributed by atoms with Gasteiger partial charge in [-0.15, -0.1) is 0 Å². The lowest BCUT2D eigenvalue weighted by molar-refractivity contribution is 0.374. The monoisotopic (exact) mass is 317 g/mol. The third-order valence-electron chi connectivity index (χ3n) is 3.38. The molecule has 7 heteroatoms. The highest BCUT2D eigenvalue weighted by Crippen LogP contribution is 2.32. The first-order chi connectivity index (χ1) is 11.1. The van der Waals surface area contributed by atoms with E-state index in [9.17, 15) is 13.9 Å². The average molecular weight is 317 g/mol. The van der Waals surface area contributed by atoms with Crippen molar-refractivity contribution in [1.82, 2.24) is 9.97 Å². The summed E-state index contributed by atoms with van der Waals surface area (Å²) in [6.45, 7) is 0.246. The van der Waals surface area contributed by atoms with Crippen molar-refractivity contribution in [3.8, 4) is 11.5 Å². The maximum atomic E-state index is 13.2. The van der Waals surface area contributed by atoms with Gasteiger partial charge in [-0.2, -0.15) is 0 Å². The minimum absolute atomic E-state index is 0.0364. The Morgan fingerprint density at radius 1 is 1.13 bits per heavy atom. The molecule has 0 aliphatic heterocycles. The fraction of sp³-hybridized carbons (Fsp3) is 0.125. The van der Waals surface area contributed by atoms with Gasteiger partial charge >= 0.3 is 0 Å². The highest BCUT2D eigenvalue weighted by atomic mass is 19.2. The number of halogens is 2. The van der Waals surface area contributed by atoms with Crippen LogP contribution in [-0.2, 0) is 6.54 Å². The molecule has 23 heavy (non-hydrogen) atoms. The zero-order valence-corrected chi connectivity index (χ0v) is 12.2. The second-order valence-corrected chi connectivity index (χ2v) is 4.87. The normalized spacial score (nSPS) is 10.7. The Morgan fingerprint density at radius 3 is 2.70 bits per heavy atom. The molecule has 0 unspecified atom stereocenters. The number of benzene rings is 2. The van der Waals surface area contributed by atoms with Crippen molar-refractivity contribution in [2.24, 2.45) is 0 Å². The van der Waals surface area contributed by atoms with E-state index < -0.39 is 11.6 Å². The highest BCUT2D eigenvalue weighted by Gasteiger charge is 2.10. The van der Waals surface area contributed by atoms with Crippen LogP contribution < -0.4 is 10.1 Å². The molecular formula is C16H13F2N3O2. The summed E-state index contributed by atoms with van der Waals surface area (Å²) in [6, 6.07) is 6.75. The van der Waals surface area contributed by atoms with E-state index in [0.717, 1.165) is 12.1 Å². The summed E-state index contributed by atoms with van der Waals surface area (Å²) < 4.78 is 31.2. The number of phenolic OH excluding ortho intramolecular Hbond substituents is 1. The van der Waals surface area contributed by atoms with Gasteiger partial charge in [-0.05, 0) is 23.8 Å². The lowest BCUT2D eigenvalue weighted by Crippen LogP contribution is -2.03. The van der Waals surface area contributed by atoms with Crippen molar-refractivity contribution in [2.75, 3.05) is 12.4 Å². The number of hydrogen-bond donors (Lipinski definition) is 2. The number of rotatable bonds is 4. The maximum Gasteiger partial charge on any atom is 0.162 e. The van der Waals surface area contributed by atoms with Crippen molar-refractivity contribution in [3.63, 3.8) is 0 Å². The average Bonchev–Trinajstić information content (AvgIpc) is 2.55. The van der Waals surface area contributed by atoms with Crippen molar-refractivity contribution in [1.29, 1.82) is 0 Å². The van der Waals surface area contributed by atoms with Crippen molar-refractivity contribution in [3.05, 3.63) is 53.9 Å². The summed E-state index contributed by atoms with van der Waals surface area (Å²) in [6.07, 6.45) is 1.37. The van der Waals surface area contributed by atoms with Crippen molar-refractivity contribution >= 4 is 16.7 Å². The van der Waals surface area contributed by atoms with Gasteiger partial charge in [0, 0.05) is 18.0 Å². The zero-order valence-electron chi connectivity index (χ0n) is 12.2. The molecule has 1 heterocycles. The number of phenols is 1. The number of aromatic nitrogens is 2. The van der Waals surface area contributed by atoms with Gasteiger partial charge in [0.15, 0.2) is 23.1 Å². The van der Waals surface area contributed by atoms with Gasteiger partial charge in [-0.3, -0.25) is 0 Å². The van der Waals surface area contributed by atoms with Crippen LogP contribution in [0, 0.1) is 11.6 Å². The number of fused-ring (bicyclic) bond motifs is 1. The van der Waals surface area contributed by atoms with Crippen molar-refractivity contribution < 1.29 is 18.6 Å². The summed E-state index contributed by atoms with van der Waals surface area (Å²) in [5.74, 6) is -1.05. The van der Waals surface area contributed by atoms with E-state index >= 15 is 0 Å². The van der Waals surface area contributed by atoms with E-state index in [-0.39, 0.29) is 12.3 Å². The maximum absolute atomic E-state index is 13.2. The molecule has 3 aromatic rings. The molecule has 3 rings (SSSR count). The molecule has 0 fully saturated rings. The molecule has 0 amide bonds. The van der Waals surface area contributed by atoms with E-state index in [1.807, 2.05) is 0 Å². The van der Waals surface area contributed by atoms with Gasteiger partial charge in [0.25, 0.3) is 0 Å². The van der Waals surface area contributed by atoms with Gasteiger partial charge in [-0.1, -0.05) is 6.07 Å². The van der Waals surface area contributed by atoms with Gasteiger partial charge in [0.05, 0.1) is 12.6 Å². The van der Waals surface area contributed by atoms with E-state index in [2.05, 4.69) is 15.3 Å². The molecule has 0 aliphatic carbocycles. The summed E-state index contributed by atoms with van der Waals surface area (Å²) in [5, 5.41) is 13.5. The molecule has 0 atom stereocenters. The number of methoxy groups -OCH3 is 1. The number of nitrogens with zero attached hydrogens (tertiary/aromatic N) is 2. The molecular weight excluding hydrogens is 304 g/mol. The molecule has 0 saturated carbocycles. The SMILES string of the molecule is COc1cc2ncnc(NCc3ccc(F)c(F)c3)c2cc1O. The van der Waals surface area contributed by atoms with Crippen LogP contribution >= 0.6 is 0 Å². The molecule has 0 spiro atoms. The van der Waals surface area contributed by atoms with E-state index in [1.54, 1.807) is 6.07 Å². The number of aromatic hydroxyl groups is 1. The van der Waals surface area contributed by atoms with Crippen LogP contribution in [0.1, 0.15) is 5.56 Å². The third kappa shape index (κ3) is 2.98. The molecule has 5 nitrogen and oxygen atoms in total. The first-order valence-electron chi connectivity index (χ1n) is 6.78. The first kappa shape index (κ1) is 15.0.